The van der Waals surface area contributed by atoms with E-state index in [2.05, 4.69) is 21.5 Å². The van der Waals surface area contributed by atoms with Gasteiger partial charge in [-0.25, -0.2) is 18.1 Å². The van der Waals surface area contributed by atoms with E-state index in [9.17, 15) is 8.42 Å². The quantitative estimate of drug-likeness (QED) is 0.773. The van der Waals surface area contributed by atoms with Gasteiger partial charge in [-0.2, -0.15) is 0 Å². The summed E-state index contributed by atoms with van der Waals surface area (Å²) >= 11 is 2.86. The molecule has 0 atom stereocenters. The van der Waals surface area contributed by atoms with Crippen LogP contribution in [0.2, 0.25) is 0 Å². The predicted octanol–water partition coefficient (Wildman–Crippen LogP) is 3.59. The molecule has 1 fully saturated rings. The number of likely N-dealkylation sites (tertiary alicyclic amines) is 1. The Bertz CT molecular complexity index is 775. The van der Waals surface area contributed by atoms with Crippen molar-refractivity contribution < 1.29 is 8.42 Å². The van der Waals surface area contributed by atoms with E-state index in [1.165, 1.54) is 37.0 Å². The number of hydrogen-bond donors (Lipinski definition) is 1. The zero-order valence-corrected chi connectivity index (χ0v) is 17.0. The van der Waals surface area contributed by atoms with Gasteiger partial charge in [0.1, 0.15) is 9.22 Å². The molecule has 1 N–H and O–H groups in total. The van der Waals surface area contributed by atoms with E-state index in [0.717, 1.165) is 41.6 Å². The zero-order valence-electron chi connectivity index (χ0n) is 14.5. The van der Waals surface area contributed by atoms with E-state index >= 15 is 0 Å². The molecule has 0 amide bonds. The fourth-order valence-electron chi connectivity index (χ4n) is 2.93. The first-order valence-corrected chi connectivity index (χ1v) is 12.0. The van der Waals surface area contributed by atoms with Gasteiger partial charge >= 0.3 is 0 Å². The van der Waals surface area contributed by atoms with Crippen molar-refractivity contribution in [2.24, 2.45) is 0 Å². The fourth-order valence-corrected chi connectivity index (χ4v) is 6.28. The van der Waals surface area contributed by atoms with Crippen LogP contribution in [0.15, 0.2) is 21.7 Å². The van der Waals surface area contributed by atoms with Gasteiger partial charge in [0, 0.05) is 18.5 Å². The van der Waals surface area contributed by atoms with Gasteiger partial charge in [-0.1, -0.05) is 19.8 Å². The molecule has 25 heavy (non-hydrogen) atoms. The lowest BCUT2D eigenvalue weighted by Gasteiger charge is -2.19. The molecule has 5 nitrogen and oxygen atoms in total. The number of thiophene rings is 1. The minimum Gasteiger partial charge on any atom is -0.302 e. The highest BCUT2D eigenvalue weighted by Crippen LogP contribution is 2.32. The Morgan fingerprint density at radius 2 is 1.96 bits per heavy atom. The van der Waals surface area contributed by atoms with Crippen molar-refractivity contribution in [2.45, 2.75) is 43.2 Å². The third-order valence-electron chi connectivity index (χ3n) is 4.39. The Kier molecular flexibility index (Phi) is 6.62. The molecule has 3 heterocycles. The average molecular weight is 400 g/mol. The lowest BCUT2D eigenvalue weighted by atomic mass is 10.2. The third kappa shape index (κ3) is 5.10. The summed E-state index contributed by atoms with van der Waals surface area (Å²) in [6.07, 6.45) is 5.90. The molecule has 0 bridgehead atoms. The van der Waals surface area contributed by atoms with E-state index < -0.39 is 10.0 Å². The summed E-state index contributed by atoms with van der Waals surface area (Å²) in [6, 6.07) is 3.54. The molecule has 1 saturated heterocycles. The van der Waals surface area contributed by atoms with Gasteiger partial charge in [0.2, 0.25) is 10.0 Å². The minimum atomic E-state index is -3.44. The van der Waals surface area contributed by atoms with Crippen LogP contribution in [0.1, 0.15) is 38.3 Å². The van der Waals surface area contributed by atoms with Crippen molar-refractivity contribution in [3.63, 3.8) is 0 Å². The van der Waals surface area contributed by atoms with Crippen molar-refractivity contribution in [3.05, 3.63) is 23.2 Å². The Labute approximate surface area is 158 Å². The normalized spacial score (nSPS) is 16.8. The number of sulfonamides is 1. The second kappa shape index (κ2) is 8.73. The summed E-state index contributed by atoms with van der Waals surface area (Å²) < 4.78 is 28.1. The van der Waals surface area contributed by atoms with Crippen molar-refractivity contribution in [3.8, 4) is 9.88 Å². The molecule has 1 aliphatic rings. The highest BCUT2D eigenvalue weighted by atomic mass is 32.2. The number of thiazole rings is 1. The van der Waals surface area contributed by atoms with E-state index in [-0.39, 0.29) is 0 Å². The molecule has 138 valence electrons. The molecule has 2 aromatic heterocycles. The molecule has 3 rings (SSSR count). The summed E-state index contributed by atoms with van der Waals surface area (Å²) in [7, 11) is -3.44. The van der Waals surface area contributed by atoms with Gasteiger partial charge in [-0.3, -0.25) is 0 Å². The van der Waals surface area contributed by atoms with Gasteiger partial charge in [0.05, 0.1) is 10.6 Å². The zero-order chi connectivity index (χ0) is 17.7. The lowest BCUT2D eigenvalue weighted by molar-refractivity contribution is 0.290. The Morgan fingerprint density at radius 1 is 1.20 bits per heavy atom. The number of rotatable bonds is 7. The molecule has 8 heteroatoms. The number of hydrogen-bond acceptors (Lipinski definition) is 6. The Morgan fingerprint density at radius 3 is 2.64 bits per heavy atom. The maximum Gasteiger partial charge on any atom is 0.250 e. The Hall–Kier alpha value is -0.800. The van der Waals surface area contributed by atoms with Crippen molar-refractivity contribution >= 4 is 32.7 Å². The average Bonchev–Trinajstić information content (AvgIpc) is 3.20. The van der Waals surface area contributed by atoms with Gasteiger partial charge in [0.25, 0.3) is 0 Å². The molecule has 0 aliphatic carbocycles. The molecule has 0 unspecified atom stereocenters. The van der Waals surface area contributed by atoms with E-state index in [0.29, 0.717) is 10.8 Å². The summed E-state index contributed by atoms with van der Waals surface area (Å²) in [6.45, 7) is 5.47. The first-order valence-electron chi connectivity index (χ1n) is 8.85. The van der Waals surface area contributed by atoms with Crippen LogP contribution < -0.4 is 4.72 Å². The number of aryl methyl sites for hydroxylation is 1. The largest absolute Gasteiger partial charge is 0.302 e. The van der Waals surface area contributed by atoms with Gasteiger partial charge in [0.15, 0.2) is 0 Å². The highest BCUT2D eigenvalue weighted by Gasteiger charge is 2.18. The van der Waals surface area contributed by atoms with Gasteiger partial charge in [-0.05, 0) is 44.5 Å². The second-order valence-electron chi connectivity index (χ2n) is 6.27. The molecule has 2 aromatic rings. The molecule has 0 aromatic carbocycles. The molecular formula is C17H25N3O2S3. The van der Waals surface area contributed by atoms with Crippen molar-refractivity contribution in [2.75, 3.05) is 26.2 Å². The fraction of sp³-hybridized carbons (Fsp3) is 0.588. The van der Waals surface area contributed by atoms with E-state index in [4.69, 9.17) is 0 Å². The molecule has 0 saturated carbocycles. The Balaban J connectivity index is 1.58. The lowest BCUT2D eigenvalue weighted by Crippen LogP contribution is -2.35. The topological polar surface area (TPSA) is 62.3 Å². The van der Waals surface area contributed by atoms with Crippen molar-refractivity contribution in [1.82, 2.24) is 14.6 Å². The first kappa shape index (κ1) is 19.0. The maximum atomic E-state index is 12.5. The summed E-state index contributed by atoms with van der Waals surface area (Å²) in [4.78, 5) is 7.81. The number of aromatic nitrogens is 1. The molecule has 0 spiro atoms. The van der Waals surface area contributed by atoms with Crippen LogP contribution in [-0.2, 0) is 16.4 Å². The van der Waals surface area contributed by atoms with Gasteiger partial charge in [-0.15, -0.1) is 22.7 Å². The maximum absolute atomic E-state index is 12.5. The summed E-state index contributed by atoms with van der Waals surface area (Å²) in [5.74, 6) is 0. The molecule has 0 radical (unpaired) electrons. The molecule has 1 aliphatic heterocycles. The van der Waals surface area contributed by atoms with Crippen LogP contribution >= 0.6 is 22.7 Å². The molecular weight excluding hydrogens is 374 g/mol. The predicted molar refractivity (Wildman–Crippen MR) is 105 cm³/mol. The van der Waals surface area contributed by atoms with Crippen LogP contribution in [0.5, 0.6) is 0 Å². The van der Waals surface area contributed by atoms with Crippen LogP contribution in [0.4, 0.5) is 0 Å². The third-order valence-corrected chi connectivity index (χ3v) is 8.49. The SMILES string of the molecule is CCc1csc(-c2ccc(S(=O)(=O)NCCN3CCCCCC3)s2)n1. The standard InChI is InChI=1S/C17H25N3O2S3/c1-2-14-13-23-17(19-14)15-7-8-16(24-15)25(21,22)18-9-12-20-10-5-3-4-6-11-20/h7-8,13,18H,2-6,9-12H2,1H3. The monoisotopic (exact) mass is 399 g/mol. The second-order valence-corrected chi connectivity index (χ2v) is 10.2. The number of nitrogens with one attached hydrogen (secondary N) is 1. The minimum absolute atomic E-state index is 0.367. The van der Waals surface area contributed by atoms with Crippen LogP contribution in [-0.4, -0.2) is 44.5 Å². The first-order chi connectivity index (χ1) is 12.1. The highest BCUT2D eigenvalue weighted by molar-refractivity contribution is 7.91. The van der Waals surface area contributed by atoms with Crippen LogP contribution in [0.25, 0.3) is 9.88 Å². The summed E-state index contributed by atoms with van der Waals surface area (Å²) in [5.41, 5.74) is 1.05. The summed E-state index contributed by atoms with van der Waals surface area (Å²) in [5, 5.41) is 2.93. The van der Waals surface area contributed by atoms with Crippen molar-refractivity contribution in [1.29, 1.82) is 0 Å². The van der Waals surface area contributed by atoms with E-state index in [1.807, 2.05) is 11.4 Å². The van der Waals surface area contributed by atoms with Crippen LogP contribution in [0.3, 0.4) is 0 Å². The van der Waals surface area contributed by atoms with Crippen LogP contribution in [0, 0.1) is 0 Å². The van der Waals surface area contributed by atoms with Gasteiger partial charge < -0.3 is 4.90 Å². The smallest absolute Gasteiger partial charge is 0.250 e. The number of nitrogens with zero attached hydrogens (tertiary/aromatic N) is 2. The van der Waals surface area contributed by atoms with E-state index in [1.54, 1.807) is 17.4 Å².